The molecular weight excluding hydrogens is 266 g/mol. The first-order valence-electron chi connectivity index (χ1n) is 6.29. The van der Waals surface area contributed by atoms with E-state index >= 15 is 0 Å². The maximum Gasteiger partial charge on any atom is 0.163 e. The summed E-state index contributed by atoms with van der Waals surface area (Å²) in [7, 11) is 1.87. The molecule has 1 saturated heterocycles. The number of alkyl halides is 1. The number of anilines is 1. The lowest BCUT2D eigenvalue weighted by molar-refractivity contribution is 0.0667. The van der Waals surface area contributed by atoms with Crippen LogP contribution in [0.15, 0.2) is 12.5 Å². The zero-order valence-electron chi connectivity index (χ0n) is 10.8. The van der Waals surface area contributed by atoms with Crippen molar-refractivity contribution in [2.75, 3.05) is 24.4 Å². The SMILES string of the molecule is Cn1ncc2c(NC3(CCl)CCOCC3)ncnc21. The number of aromatic nitrogens is 4. The number of ether oxygens (including phenoxy) is 1. The standard InChI is InChI=1S/C12H16ClN5O/c1-18-11-9(6-16-18)10(14-8-15-11)17-12(7-13)2-4-19-5-3-12/h6,8H,2-5,7H2,1H3,(H,14,15,17). The number of halogens is 1. The van der Waals surface area contributed by atoms with Gasteiger partial charge < -0.3 is 10.1 Å². The van der Waals surface area contributed by atoms with Crippen LogP contribution in [-0.2, 0) is 11.8 Å². The number of nitrogens with zero attached hydrogens (tertiary/aromatic N) is 4. The molecule has 6 nitrogen and oxygen atoms in total. The summed E-state index contributed by atoms with van der Waals surface area (Å²) in [6.07, 6.45) is 5.08. The number of hydrogen-bond donors (Lipinski definition) is 1. The molecule has 2 aromatic rings. The molecule has 0 unspecified atom stereocenters. The summed E-state index contributed by atoms with van der Waals surface area (Å²) in [5.41, 5.74) is 0.658. The first-order chi connectivity index (χ1) is 9.24. The first kappa shape index (κ1) is 12.6. The zero-order valence-corrected chi connectivity index (χ0v) is 11.5. The van der Waals surface area contributed by atoms with E-state index in [1.165, 1.54) is 0 Å². The third-order valence-electron chi connectivity index (χ3n) is 3.62. The van der Waals surface area contributed by atoms with E-state index in [4.69, 9.17) is 16.3 Å². The van der Waals surface area contributed by atoms with Gasteiger partial charge in [-0.05, 0) is 12.8 Å². The molecule has 0 amide bonds. The van der Waals surface area contributed by atoms with Crippen LogP contribution in [0.5, 0.6) is 0 Å². The van der Waals surface area contributed by atoms with Crippen molar-refractivity contribution in [1.82, 2.24) is 19.7 Å². The van der Waals surface area contributed by atoms with Crippen LogP contribution in [-0.4, -0.2) is 44.4 Å². The molecule has 1 N–H and O–H groups in total. The van der Waals surface area contributed by atoms with E-state index in [9.17, 15) is 0 Å². The van der Waals surface area contributed by atoms with Gasteiger partial charge in [0.2, 0.25) is 0 Å². The fourth-order valence-corrected chi connectivity index (χ4v) is 2.70. The zero-order chi connectivity index (χ0) is 13.3. The number of hydrogen-bond acceptors (Lipinski definition) is 5. The molecular formula is C12H16ClN5O. The van der Waals surface area contributed by atoms with E-state index in [0.717, 1.165) is 42.9 Å². The fourth-order valence-electron chi connectivity index (χ4n) is 2.37. The van der Waals surface area contributed by atoms with Gasteiger partial charge in [-0.15, -0.1) is 11.6 Å². The van der Waals surface area contributed by atoms with Crippen molar-refractivity contribution in [1.29, 1.82) is 0 Å². The van der Waals surface area contributed by atoms with E-state index in [0.29, 0.717) is 5.88 Å². The third-order valence-corrected chi connectivity index (χ3v) is 4.13. The van der Waals surface area contributed by atoms with Gasteiger partial charge in [-0.3, -0.25) is 4.68 Å². The van der Waals surface area contributed by atoms with Crippen molar-refractivity contribution in [3.05, 3.63) is 12.5 Å². The van der Waals surface area contributed by atoms with Crippen LogP contribution in [0.25, 0.3) is 11.0 Å². The number of rotatable bonds is 3. The van der Waals surface area contributed by atoms with Crippen molar-refractivity contribution >= 4 is 28.5 Å². The Morgan fingerprint density at radius 2 is 2.21 bits per heavy atom. The minimum atomic E-state index is -0.156. The van der Waals surface area contributed by atoms with Gasteiger partial charge in [-0.25, -0.2) is 9.97 Å². The van der Waals surface area contributed by atoms with E-state index in [1.54, 1.807) is 17.2 Å². The monoisotopic (exact) mass is 281 g/mol. The average Bonchev–Trinajstić information content (AvgIpc) is 2.83. The lowest BCUT2D eigenvalue weighted by Crippen LogP contribution is -2.45. The summed E-state index contributed by atoms with van der Waals surface area (Å²) in [4.78, 5) is 8.57. The molecule has 0 aromatic carbocycles. The molecule has 0 atom stereocenters. The molecule has 0 bridgehead atoms. The van der Waals surface area contributed by atoms with E-state index in [2.05, 4.69) is 20.4 Å². The Morgan fingerprint density at radius 3 is 2.95 bits per heavy atom. The van der Waals surface area contributed by atoms with E-state index < -0.39 is 0 Å². The molecule has 1 aliphatic heterocycles. The van der Waals surface area contributed by atoms with Gasteiger partial charge in [-0.1, -0.05) is 0 Å². The quantitative estimate of drug-likeness (QED) is 0.865. The van der Waals surface area contributed by atoms with Crippen LogP contribution >= 0.6 is 11.6 Å². The Balaban J connectivity index is 1.95. The summed E-state index contributed by atoms with van der Waals surface area (Å²) in [6, 6.07) is 0. The summed E-state index contributed by atoms with van der Waals surface area (Å²) in [5, 5.41) is 8.62. The molecule has 3 heterocycles. The predicted molar refractivity (Wildman–Crippen MR) is 73.4 cm³/mol. The normalized spacial score (nSPS) is 18.6. The molecule has 1 aliphatic rings. The third kappa shape index (κ3) is 2.26. The molecule has 7 heteroatoms. The first-order valence-corrected chi connectivity index (χ1v) is 6.82. The fraction of sp³-hybridized carbons (Fsp3) is 0.583. The summed E-state index contributed by atoms with van der Waals surface area (Å²) >= 11 is 6.16. The summed E-state index contributed by atoms with van der Waals surface area (Å²) in [6.45, 7) is 1.45. The molecule has 3 rings (SSSR count). The van der Waals surface area contributed by atoms with Gasteiger partial charge >= 0.3 is 0 Å². The Kier molecular flexibility index (Phi) is 3.28. The van der Waals surface area contributed by atoms with Crippen LogP contribution in [0, 0.1) is 0 Å². The Labute approximate surface area is 116 Å². The van der Waals surface area contributed by atoms with Crippen molar-refractivity contribution in [3.8, 4) is 0 Å². The van der Waals surface area contributed by atoms with Gasteiger partial charge in [0.25, 0.3) is 0 Å². The predicted octanol–water partition coefficient (Wildman–Crippen LogP) is 1.56. The van der Waals surface area contributed by atoms with Crippen LogP contribution < -0.4 is 5.32 Å². The van der Waals surface area contributed by atoms with Gasteiger partial charge in [0, 0.05) is 26.1 Å². The van der Waals surface area contributed by atoms with Crippen molar-refractivity contribution in [2.45, 2.75) is 18.4 Å². The Hall–Kier alpha value is -1.40. The molecule has 102 valence electrons. The second kappa shape index (κ2) is 4.94. The number of aryl methyl sites for hydroxylation is 1. The van der Waals surface area contributed by atoms with E-state index in [-0.39, 0.29) is 5.54 Å². The van der Waals surface area contributed by atoms with Crippen LogP contribution in [0.1, 0.15) is 12.8 Å². The Bertz CT molecular complexity index is 579. The lowest BCUT2D eigenvalue weighted by atomic mass is 9.92. The highest BCUT2D eigenvalue weighted by Crippen LogP contribution is 2.29. The molecule has 0 aliphatic carbocycles. The maximum atomic E-state index is 6.16. The number of fused-ring (bicyclic) bond motifs is 1. The van der Waals surface area contributed by atoms with Crippen molar-refractivity contribution in [3.63, 3.8) is 0 Å². The van der Waals surface area contributed by atoms with Crippen molar-refractivity contribution < 1.29 is 4.74 Å². The lowest BCUT2D eigenvalue weighted by Gasteiger charge is -2.36. The van der Waals surface area contributed by atoms with Crippen molar-refractivity contribution in [2.24, 2.45) is 7.05 Å². The smallest absolute Gasteiger partial charge is 0.163 e. The highest BCUT2D eigenvalue weighted by molar-refractivity contribution is 6.18. The van der Waals surface area contributed by atoms with Gasteiger partial charge in [-0.2, -0.15) is 5.10 Å². The van der Waals surface area contributed by atoms with E-state index in [1.807, 2.05) is 7.05 Å². The topological polar surface area (TPSA) is 64.9 Å². The highest BCUT2D eigenvalue weighted by atomic mass is 35.5. The minimum absolute atomic E-state index is 0.156. The molecule has 19 heavy (non-hydrogen) atoms. The maximum absolute atomic E-state index is 6.16. The largest absolute Gasteiger partial charge is 0.381 e. The second-order valence-corrected chi connectivity index (χ2v) is 5.15. The van der Waals surface area contributed by atoms with Gasteiger partial charge in [0.05, 0.1) is 17.1 Å². The summed E-state index contributed by atoms with van der Waals surface area (Å²) < 4.78 is 7.14. The van der Waals surface area contributed by atoms with Crippen LogP contribution in [0.3, 0.4) is 0 Å². The van der Waals surface area contributed by atoms with Gasteiger partial charge in [0.1, 0.15) is 12.1 Å². The minimum Gasteiger partial charge on any atom is -0.381 e. The molecule has 2 aromatic heterocycles. The molecule has 0 spiro atoms. The van der Waals surface area contributed by atoms with Crippen LogP contribution in [0.2, 0.25) is 0 Å². The average molecular weight is 282 g/mol. The highest BCUT2D eigenvalue weighted by Gasteiger charge is 2.32. The summed E-state index contributed by atoms with van der Waals surface area (Å²) in [5.74, 6) is 1.32. The van der Waals surface area contributed by atoms with Crippen LogP contribution in [0.4, 0.5) is 5.82 Å². The second-order valence-electron chi connectivity index (χ2n) is 4.88. The molecule has 0 radical (unpaired) electrons. The molecule has 0 saturated carbocycles. The molecule has 1 fully saturated rings. The van der Waals surface area contributed by atoms with Gasteiger partial charge in [0.15, 0.2) is 5.65 Å². The number of nitrogens with one attached hydrogen (secondary N) is 1. The Morgan fingerprint density at radius 1 is 1.42 bits per heavy atom.